The number of hydrogen-bond acceptors (Lipinski definition) is 0. The van der Waals surface area contributed by atoms with E-state index in [4.69, 9.17) is 0 Å². The van der Waals surface area contributed by atoms with Gasteiger partial charge in [-0.05, 0) is 50.9 Å². The summed E-state index contributed by atoms with van der Waals surface area (Å²) >= 11 is 0. The van der Waals surface area contributed by atoms with Crippen molar-refractivity contribution in [1.29, 1.82) is 0 Å². The lowest BCUT2D eigenvalue weighted by Gasteiger charge is -2.10. The molecule has 0 fully saturated rings. The summed E-state index contributed by atoms with van der Waals surface area (Å²) in [6.45, 7) is 0. The van der Waals surface area contributed by atoms with Crippen LogP contribution >= 0.6 is 0 Å². The first-order valence-corrected chi connectivity index (χ1v) is 6.80. The summed E-state index contributed by atoms with van der Waals surface area (Å²) in [7, 11) is 0. The van der Waals surface area contributed by atoms with E-state index in [-0.39, 0.29) is 0 Å². The summed E-state index contributed by atoms with van der Waals surface area (Å²) in [6.07, 6.45) is 0. The van der Waals surface area contributed by atoms with Crippen LogP contribution in [-0.4, -0.2) is 0 Å². The van der Waals surface area contributed by atoms with Gasteiger partial charge in [-0.15, -0.1) is 0 Å². The van der Waals surface area contributed by atoms with E-state index in [2.05, 4.69) is 78.9 Å². The molecule has 0 atom stereocenters. The standard InChI is InChI=1S/C20H13/c1-3-11-17-15(7-1)9-5-13-19(17)20-14-6-10-16-8-2-4-12-18(16)20/h1-5,7-14H. The summed E-state index contributed by atoms with van der Waals surface area (Å²) in [6, 6.07) is 30.9. The normalized spacial score (nSPS) is 11.0. The second-order valence-electron chi connectivity index (χ2n) is 4.98. The number of benzene rings is 4. The van der Waals surface area contributed by atoms with Gasteiger partial charge in [0.25, 0.3) is 0 Å². The van der Waals surface area contributed by atoms with Crippen LogP contribution in [0.3, 0.4) is 0 Å². The molecule has 0 amide bonds. The van der Waals surface area contributed by atoms with E-state index in [9.17, 15) is 0 Å². The van der Waals surface area contributed by atoms with Gasteiger partial charge in [0.2, 0.25) is 0 Å². The first kappa shape index (κ1) is 11.2. The van der Waals surface area contributed by atoms with Crippen molar-refractivity contribution in [2.24, 2.45) is 0 Å². The Hall–Kier alpha value is -2.60. The van der Waals surface area contributed by atoms with Gasteiger partial charge in [-0.25, -0.2) is 0 Å². The van der Waals surface area contributed by atoms with Crippen molar-refractivity contribution in [3.8, 4) is 11.1 Å². The molecule has 0 aliphatic heterocycles. The topological polar surface area (TPSA) is 0 Å². The molecule has 0 unspecified atom stereocenters. The molecule has 4 rings (SSSR count). The summed E-state index contributed by atoms with van der Waals surface area (Å²) < 4.78 is 0. The minimum absolute atomic E-state index is 1.23. The average Bonchev–Trinajstić information content (AvgIpc) is 2.54. The van der Waals surface area contributed by atoms with Gasteiger partial charge in [-0.2, -0.15) is 0 Å². The van der Waals surface area contributed by atoms with Gasteiger partial charge in [-0.3, -0.25) is 0 Å². The minimum Gasteiger partial charge on any atom is -0.0616 e. The van der Waals surface area contributed by atoms with Crippen LogP contribution in [0.15, 0.2) is 78.9 Å². The van der Waals surface area contributed by atoms with Crippen LogP contribution in [0.4, 0.5) is 0 Å². The summed E-state index contributed by atoms with van der Waals surface area (Å²) in [4.78, 5) is 0. The van der Waals surface area contributed by atoms with E-state index < -0.39 is 0 Å². The zero-order chi connectivity index (χ0) is 13.4. The van der Waals surface area contributed by atoms with E-state index in [1.807, 2.05) is 6.07 Å². The van der Waals surface area contributed by atoms with Gasteiger partial charge < -0.3 is 0 Å². The van der Waals surface area contributed by atoms with Crippen LogP contribution in [0.5, 0.6) is 0 Å². The maximum atomic E-state index is 3.27. The van der Waals surface area contributed by atoms with Crippen molar-refractivity contribution in [2.75, 3.05) is 0 Å². The van der Waals surface area contributed by atoms with Gasteiger partial charge in [0.15, 0.2) is 0 Å². The fourth-order valence-corrected chi connectivity index (χ4v) is 2.84. The summed E-state index contributed by atoms with van der Waals surface area (Å²) in [5, 5.41) is 5.08. The van der Waals surface area contributed by atoms with E-state index in [0.29, 0.717) is 0 Å². The van der Waals surface area contributed by atoms with Gasteiger partial charge in [0.1, 0.15) is 0 Å². The molecule has 0 saturated carbocycles. The van der Waals surface area contributed by atoms with Crippen molar-refractivity contribution >= 4 is 21.5 Å². The molecule has 20 heavy (non-hydrogen) atoms. The van der Waals surface area contributed by atoms with Gasteiger partial charge >= 0.3 is 0 Å². The molecular formula is C20H13. The number of fused-ring (bicyclic) bond motifs is 2. The van der Waals surface area contributed by atoms with Crippen molar-refractivity contribution in [3.05, 3.63) is 84.9 Å². The molecule has 0 spiro atoms. The third-order valence-corrected chi connectivity index (χ3v) is 3.80. The van der Waals surface area contributed by atoms with Crippen molar-refractivity contribution in [3.63, 3.8) is 0 Å². The Morgan fingerprint density at radius 1 is 0.500 bits per heavy atom. The highest BCUT2D eigenvalue weighted by Gasteiger charge is 2.06. The van der Waals surface area contributed by atoms with Gasteiger partial charge in [-0.1, -0.05) is 66.7 Å². The SMILES string of the molecule is [c]1cc(-c2cccc3ccccc23)c2ccccc2c1. The number of hydrogen-bond donors (Lipinski definition) is 0. The molecular weight excluding hydrogens is 240 g/mol. The van der Waals surface area contributed by atoms with Crippen LogP contribution in [0.25, 0.3) is 32.7 Å². The highest BCUT2D eigenvalue weighted by atomic mass is 14.1. The quantitative estimate of drug-likeness (QED) is 0.422. The highest BCUT2D eigenvalue weighted by Crippen LogP contribution is 2.33. The lowest BCUT2D eigenvalue weighted by atomic mass is 9.94. The molecule has 0 N–H and O–H groups in total. The molecule has 0 aromatic heterocycles. The Morgan fingerprint density at radius 3 is 2.00 bits per heavy atom. The Bertz CT molecular complexity index is 816. The van der Waals surface area contributed by atoms with Crippen LogP contribution < -0.4 is 0 Å². The Morgan fingerprint density at radius 2 is 1.15 bits per heavy atom. The van der Waals surface area contributed by atoms with Crippen molar-refractivity contribution in [1.82, 2.24) is 0 Å². The molecule has 4 aromatic rings. The Balaban J connectivity index is 2.12. The molecule has 93 valence electrons. The van der Waals surface area contributed by atoms with Crippen molar-refractivity contribution in [2.45, 2.75) is 0 Å². The second-order valence-corrected chi connectivity index (χ2v) is 4.98. The number of rotatable bonds is 1. The predicted octanol–water partition coefficient (Wildman–Crippen LogP) is 5.46. The van der Waals surface area contributed by atoms with E-state index in [0.717, 1.165) is 0 Å². The average molecular weight is 253 g/mol. The van der Waals surface area contributed by atoms with Gasteiger partial charge in [0, 0.05) is 0 Å². The first-order valence-electron chi connectivity index (χ1n) is 6.80. The van der Waals surface area contributed by atoms with E-state index in [1.54, 1.807) is 0 Å². The van der Waals surface area contributed by atoms with E-state index in [1.165, 1.54) is 32.7 Å². The third-order valence-electron chi connectivity index (χ3n) is 3.80. The fraction of sp³-hybridized carbons (Fsp3) is 0. The molecule has 0 aliphatic rings. The van der Waals surface area contributed by atoms with Crippen molar-refractivity contribution < 1.29 is 0 Å². The summed E-state index contributed by atoms with van der Waals surface area (Å²) in [5.41, 5.74) is 2.52. The zero-order valence-electron chi connectivity index (χ0n) is 11.0. The maximum Gasteiger partial charge on any atom is -0.00930 e. The Kier molecular flexibility index (Phi) is 2.53. The Labute approximate surface area is 118 Å². The summed E-state index contributed by atoms with van der Waals surface area (Å²) in [5.74, 6) is 0. The van der Waals surface area contributed by atoms with E-state index >= 15 is 0 Å². The van der Waals surface area contributed by atoms with Crippen LogP contribution in [-0.2, 0) is 0 Å². The monoisotopic (exact) mass is 253 g/mol. The molecule has 1 radical (unpaired) electrons. The third kappa shape index (κ3) is 1.70. The lowest BCUT2D eigenvalue weighted by Crippen LogP contribution is -1.83. The largest absolute Gasteiger partial charge is 0.0616 e. The minimum atomic E-state index is 1.23. The second kappa shape index (κ2) is 4.50. The molecule has 0 heterocycles. The van der Waals surface area contributed by atoms with Crippen LogP contribution in [0.2, 0.25) is 0 Å². The molecule has 0 aliphatic carbocycles. The first-order chi connectivity index (χ1) is 9.93. The molecule has 0 nitrogen and oxygen atoms in total. The predicted molar refractivity (Wildman–Crippen MR) is 85.7 cm³/mol. The zero-order valence-corrected chi connectivity index (χ0v) is 11.0. The molecule has 4 aromatic carbocycles. The lowest BCUT2D eigenvalue weighted by molar-refractivity contribution is 1.68. The van der Waals surface area contributed by atoms with Crippen LogP contribution in [0.1, 0.15) is 0 Å². The fourth-order valence-electron chi connectivity index (χ4n) is 2.84. The molecule has 0 saturated heterocycles. The molecule has 0 heteroatoms. The molecule has 0 bridgehead atoms. The highest BCUT2D eigenvalue weighted by molar-refractivity contribution is 6.05. The maximum absolute atomic E-state index is 3.27. The van der Waals surface area contributed by atoms with Crippen LogP contribution in [0, 0.1) is 6.07 Å². The van der Waals surface area contributed by atoms with Gasteiger partial charge in [0.05, 0.1) is 0 Å². The smallest absolute Gasteiger partial charge is 0.00930 e.